The Kier molecular flexibility index (Phi) is 8.14. The van der Waals surface area contributed by atoms with Gasteiger partial charge in [-0.15, -0.1) is 0 Å². The van der Waals surface area contributed by atoms with Crippen molar-refractivity contribution < 1.29 is 9.13 Å². The van der Waals surface area contributed by atoms with Crippen molar-refractivity contribution in [3.8, 4) is 28.5 Å². The Labute approximate surface area is 204 Å². The first-order valence-corrected chi connectivity index (χ1v) is 11.1. The van der Waals surface area contributed by atoms with Gasteiger partial charge in [0.2, 0.25) is 0 Å². The lowest BCUT2D eigenvalue weighted by atomic mass is 10.1. The van der Waals surface area contributed by atoms with E-state index in [1.54, 1.807) is 38.4 Å². The Hall–Kier alpha value is -3.85. The first-order chi connectivity index (χ1) is 16.5. The summed E-state index contributed by atoms with van der Waals surface area (Å²) in [5.41, 5.74) is 9.75. The minimum absolute atomic E-state index is 0.301. The summed E-state index contributed by atoms with van der Waals surface area (Å²) in [6.45, 7) is 11.5. The van der Waals surface area contributed by atoms with Crippen molar-refractivity contribution >= 4 is 0 Å². The highest BCUT2D eigenvalue weighted by Gasteiger charge is 2.13. The van der Waals surface area contributed by atoms with Gasteiger partial charge in [0.15, 0.2) is 0 Å². The minimum Gasteiger partial charge on any atom is -0.490 e. The third-order valence-electron chi connectivity index (χ3n) is 4.74. The van der Waals surface area contributed by atoms with E-state index in [1.807, 2.05) is 45.9 Å². The number of ether oxygens (including phenoxy) is 1. The maximum absolute atomic E-state index is 13.0. The van der Waals surface area contributed by atoms with Crippen LogP contribution in [0.5, 0.6) is 5.75 Å². The molecule has 0 atom stereocenters. The molecular formula is C26H30FN7O. The van der Waals surface area contributed by atoms with Crippen LogP contribution in [-0.4, -0.2) is 42.0 Å². The van der Waals surface area contributed by atoms with Gasteiger partial charge in [0.1, 0.15) is 29.8 Å². The number of hydrogen-bond acceptors (Lipinski definition) is 8. The quantitative estimate of drug-likeness (QED) is 0.447. The Morgan fingerprint density at radius 3 is 1.66 bits per heavy atom. The average Bonchev–Trinajstić information content (AvgIpc) is 2.80. The summed E-state index contributed by atoms with van der Waals surface area (Å²) >= 11 is 0. The van der Waals surface area contributed by atoms with Crippen molar-refractivity contribution in [2.24, 2.45) is 5.73 Å². The fourth-order valence-electron chi connectivity index (χ4n) is 2.99. The molecule has 0 unspecified atom stereocenters. The highest BCUT2D eigenvalue weighted by molar-refractivity contribution is 5.55. The fourth-order valence-corrected chi connectivity index (χ4v) is 2.99. The van der Waals surface area contributed by atoms with E-state index in [2.05, 4.69) is 29.9 Å². The molecule has 0 aromatic carbocycles. The molecule has 4 rings (SSSR count). The smallest absolute Gasteiger partial charge is 0.144 e. The second kappa shape index (κ2) is 11.1. The van der Waals surface area contributed by atoms with E-state index in [0.717, 1.165) is 28.7 Å². The molecule has 8 nitrogen and oxygen atoms in total. The normalized spacial score (nSPS) is 11.0. The Morgan fingerprint density at radius 2 is 1.20 bits per heavy atom. The van der Waals surface area contributed by atoms with Crippen molar-refractivity contribution in [2.75, 3.05) is 6.61 Å². The van der Waals surface area contributed by atoms with Gasteiger partial charge >= 0.3 is 0 Å². The Balaban J connectivity index is 0.000000203. The van der Waals surface area contributed by atoms with Crippen LogP contribution in [0.15, 0.2) is 48.8 Å². The fraction of sp³-hybridized carbons (Fsp3) is 0.308. The zero-order valence-corrected chi connectivity index (χ0v) is 20.9. The van der Waals surface area contributed by atoms with E-state index in [0.29, 0.717) is 29.5 Å². The number of halogens is 1. The van der Waals surface area contributed by atoms with Gasteiger partial charge in [-0.05, 0) is 77.9 Å². The van der Waals surface area contributed by atoms with E-state index in [-0.39, 0.29) is 11.4 Å². The summed E-state index contributed by atoms with van der Waals surface area (Å²) in [4.78, 5) is 25.3. The second-order valence-electron chi connectivity index (χ2n) is 8.80. The third kappa shape index (κ3) is 7.58. The van der Waals surface area contributed by atoms with Crippen LogP contribution < -0.4 is 10.5 Å². The second-order valence-corrected chi connectivity index (χ2v) is 8.80. The van der Waals surface area contributed by atoms with Crippen LogP contribution in [0, 0.1) is 33.5 Å². The highest BCUT2D eigenvalue weighted by Crippen LogP contribution is 2.22. The maximum atomic E-state index is 13.0. The van der Waals surface area contributed by atoms with Gasteiger partial charge in [0, 0.05) is 17.9 Å². The largest absolute Gasteiger partial charge is 0.490 e. The van der Waals surface area contributed by atoms with Gasteiger partial charge in [0.25, 0.3) is 0 Å². The number of nitrogens with two attached hydrogens (primary N) is 1. The molecule has 4 aromatic heterocycles. The standard InChI is InChI=1S/C15H20N4O.C11H10FN3/c1-10-14(20-9-15(3,4)16)6-5-12(18-10)13-7-8-17-11(2)19-13;1-7-9(12)3-4-10(14-7)11-5-6-13-8(2)15-11/h5-8H,9,16H2,1-4H3;3-6H,1-2H3. The SMILES string of the molecule is Cc1nccc(-c2ccc(F)c(C)n2)n1.Cc1nccc(-c2ccc(OCC(C)(C)N)c(C)n2)n1. The predicted molar refractivity (Wildman–Crippen MR) is 133 cm³/mol. The molecule has 0 aliphatic heterocycles. The van der Waals surface area contributed by atoms with Gasteiger partial charge in [-0.25, -0.2) is 34.3 Å². The van der Waals surface area contributed by atoms with Gasteiger partial charge < -0.3 is 10.5 Å². The van der Waals surface area contributed by atoms with E-state index in [4.69, 9.17) is 10.5 Å². The van der Waals surface area contributed by atoms with Crippen molar-refractivity contribution in [3.63, 3.8) is 0 Å². The summed E-state index contributed by atoms with van der Waals surface area (Å²) in [6, 6.07) is 10.4. The van der Waals surface area contributed by atoms with Crippen molar-refractivity contribution in [2.45, 2.75) is 47.1 Å². The van der Waals surface area contributed by atoms with Crippen LogP contribution >= 0.6 is 0 Å². The first-order valence-electron chi connectivity index (χ1n) is 11.1. The molecule has 4 aromatic rings. The molecule has 0 fully saturated rings. The Bertz CT molecular complexity index is 1310. The molecule has 0 saturated carbocycles. The molecular weight excluding hydrogens is 445 g/mol. The van der Waals surface area contributed by atoms with E-state index < -0.39 is 0 Å². The van der Waals surface area contributed by atoms with Crippen LogP contribution in [0.25, 0.3) is 22.8 Å². The molecule has 0 bridgehead atoms. The summed E-state index contributed by atoms with van der Waals surface area (Å²) < 4.78 is 18.7. The maximum Gasteiger partial charge on any atom is 0.144 e. The minimum atomic E-state index is -0.366. The van der Waals surface area contributed by atoms with Gasteiger partial charge in [-0.2, -0.15) is 0 Å². The van der Waals surface area contributed by atoms with Crippen LogP contribution in [0.1, 0.15) is 36.9 Å². The molecule has 2 N–H and O–H groups in total. The average molecular weight is 476 g/mol. The number of hydrogen-bond donors (Lipinski definition) is 1. The summed E-state index contributed by atoms with van der Waals surface area (Å²) in [5.74, 6) is 1.85. The van der Waals surface area contributed by atoms with Crippen molar-refractivity contribution in [1.29, 1.82) is 0 Å². The van der Waals surface area contributed by atoms with Gasteiger partial charge in [-0.1, -0.05) is 0 Å². The predicted octanol–water partition coefficient (Wildman–Crippen LogP) is 4.57. The number of aromatic nitrogens is 6. The van der Waals surface area contributed by atoms with E-state index in [9.17, 15) is 4.39 Å². The molecule has 0 amide bonds. The van der Waals surface area contributed by atoms with Crippen LogP contribution in [0.2, 0.25) is 0 Å². The number of aryl methyl sites for hydroxylation is 4. The van der Waals surface area contributed by atoms with Crippen LogP contribution in [-0.2, 0) is 0 Å². The zero-order chi connectivity index (χ0) is 25.6. The molecule has 0 aliphatic rings. The van der Waals surface area contributed by atoms with E-state index in [1.165, 1.54) is 6.07 Å². The van der Waals surface area contributed by atoms with Gasteiger partial charge in [0.05, 0.1) is 34.2 Å². The molecule has 182 valence electrons. The molecule has 0 spiro atoms. The van der Waals surface area contributed by atoms with Crippen molar-refractivity contribution in [3.05, 3.63) is 77.6 Å². The van der Waals surface area contributed by atoms with Crippen LogP contribution in [0.4, 0.5) is 4.39 Å². The molecule has 35 heavy (non-hydrogen) atoms. The molecule has 0 saturated heterocycles. The lowest BCUT2D eigenvalue weighted by Crippen LogP contribution is -2.38. The van der Waals surface area contributed by atoms with Crippen molar-refractivity contribution in [1.82, 2.24) is 29.9 Å². The topological polar surface area (TPSA) is 113 Å². The van der Waals surface area contributed by atoms with Crippen LogP contribution in [0.3, 0.4) is 0 Å². The number of rotatable bonds is 5. The molecule has 4 heterocycles. The summed E-state index contributed by atoms with van der Waals surface area (Å²) in [7, 11) is 0. The monoisotopic (exact) mass is 475 g/mol. The molecule has 0 radical (unpaired) electrons. The Morgan fingerprint density at radius 1 is 0.714 bits per heavy atom. The number of pyridine rings is 2. The zero-order valence-electron chi connectivity index (χ0n) is 20.9. The molecule has 0 aliphatic carbocycles. The third-order valence-corrected chi connectivity index (χ3v) is 4.74. The lowest BCUT2D eigenvalue weighted by molar-refractivity contribution is 0.241. The number of nitrogens with zero attached hydrogens (tertiary/aromatic N) is 6. The lowest BCUT2D eigenvalue weighted by Gasteiger charge is -2.19. The molecule has 9 heteroatoms. The highest BCUT2D eigenvalue weighted by atomic mass is 19.1. The summed E-state index contributed by atoms with van der Waals surface area (Å²) in [5, 5.41) is 0. The van der Waals surface area contributed by atoms with Gasteiger partial charge in [-0.3, -0.25) is 0 Å². The van der Waals surface area contributed by atoms with E-state index >= 15 is 0 Å². The first kappa shape index (κ1) is 25.8. The summed E-state index contributed by atoms with van der Waals surface area (Å²) in [6.07, 6.45) is 3.40.